The highest BCUT2D eigenvalue weighted by molar-refractivity contribution is 7.99. The van der Waals surface area contributed by atoms with Crippen molar-refractivity contribution < 1.29 is 9.59 Å². The van der Waals surface area contributed by atoms with Crippen LogP contribution in [0.15, 0.2) is 59.5 Å². The molecule has 4 N–H and O–H groups in total. The number of fused-ring (bicyclic) bond motifs is 1. The number of amides is 2. The Morgan fingerprint density at radius 3 is 2.43 bits per heavy atom. The fourth-order valence-electron chi connectivity index (χ4n) is 2.66. The Morgan fingerprint density at radius 1 is 1.09 bits per heavy atom. The number of carbonyl (C=O) groups excluding carboxylic acids is 2. The number of carbonyl (C=O) groups is 2. The molecule has 1 aliphatic heterocycles. The minimum Gasteiger partial charge on any atom is -0.368 e. The smallest absolute Gasteiger partial charge is 0.245 e. The molecule has 2 unspecified atom stereocenters. The molecule has 2 aromatic carbocycles. The fourth-order valence-corrected chi connectivity index (χ4v) is 3.94. The number of nitrogens with two attached hydrogens (primary N) is 2. The molecule has 0 aromatic heterocycles. The van der Waals surface area contributed by atoms with Crippen LogP contribution in [0.25, 0.3) is 0 Å². The zero-order valence-corrected chi connectivity index (χ0v) is 13.2. The molecule has 0 saturated heterocycles. The molecule has 2 atom stereocenters. The lowest BCUT2D eigenvalue weighted by Crippen LogP contribution is -2.48. The topological polar surface area (TPSA) is 89.4 Å². The maximum Gasteiger partial charge on any atom is 0.245 e. The fraction of sp³-hybridized carbons (Fsp3) is 0.176. The van der Waals surface area contributed by atoms with Gasteiger partial charge < -0.3 is 16.4 Å². The summed E-state index contributed by atoms with van der Waals surface area (Å²) in [7, 11) is 0. The maximum absolute atomic E-state index is 12.8. The van der Waals surface area contributed by atoms with Crippen LogP contribution in [-0.4, -0.2) is 24.4 Å². The summed E-state index contributed by atoms with van der Waals surface area (Å²) in [5.74, 6) is -0.862. The van der Waals surface area contributed by atoms with Crippen LogP contribution in [-0.2, 0) is 9.59 Å². The molecule has 2 amide bonds. The average molecular weight is 327 g/mol. The van der Waals surface area contributed by atoms with E-state index in [1.165, 1.54) is 16.7 Å². The van der Waals surface area contributed by atoms with Gasteiger partial charge in [0.15, 0.2) is 0 Å². The SMILES string of the molecule is NC(=O)CN1C(=O)C(N)C(c2ccccc2)Sc2ccccc21. The Balaban J connectivity index is 2.07. The molecule has 0 aliphatic carbocycles. The molecule has 1 aliphatic rings. The largest absolute Gasteiger partial charge is 0.368 e. The first kappa shape index (κ1) is 15.6. The van der Waals surface area contributed by atoms with E-state index in [1.807, 2.05) is 54.6 Å². The zero-order chi connectivity index (χ0) is 16.4. The molecule has 0 fully saturated rings. The van der Waals surface area contributed by atoms with Crippen LogP contribution in [0.4, 0.5) is 5.69 Å². The number of nitrogens with zero attached hydrogens (tertiary/aromatic N) is 1. The zero-order valence-electron chi connectivity index (χ0n) is 12.4. The molecule has 0 bridgehead atoms. The van der Waals surface area contributed by atoms with E-state index in [-0.39, 0.29) is 17.7 Å². The number of hydrogen-bond donors (Lipinski definition) is 2. The van der Waals surface area contributed by atoms with Crippen molar-refractivity contribution in [2.24, 2.45) is 11.5 Å². The van der Waals surface area contributed by atoms with Crippen molar-refractivity contribution in [3.05, 3.63) is 60.2 Å². The summed E-state index contributed by atoms with van der Waals surface area (Å²) in [4.78, 5) is 26.5. The van der Waals surface area contributed by atoms with Crippen LogP contribution in [0.2, 0.25) is 0 Å². The summed E-state index contributed by atoms with van der Waals surface area (Å²) in [6.07, 6.45) is 0. The first-order chi connectivity index (χ1) is 11.1. The van der Waals surface area contributed by atoms with Crippen molar-refractivity contribution >= 4 is 29.3 Å². The monoisotopic (exact) mass is 327 g/mol. The van der Waals surface area contributed by atoms with Gasteiger partial charge in [0.2, 0.25) is 11.8 Å². The summed E-state index contributed by atoms with van der Waals surface area (Å²) in [6.45, 7) is -0.175. The highest BCUT2D eigenvalue weighted by Crippen LogP contribution is 2.44. The summed E-state index contributed by atoms with van der Waals surface area (Å²) >= 11 is 1.53. The second-order valence-electron chi connectivity index (χ2n) is 5.33. The second-order valence-corrected chi connectivity index (χ2v) is 6.52. The van der Waals surface area contributed by atoms with E-state index < -0.39 is 11.9 Å². The number of primary amides is 1. The van der Waals surface area contributed by atoms with Gasteiger partial charge in [-0.25, -0.2) is 0 Å². The van der Waals surface area contributed by atoms with Gasteiger partial charge in [0, 0.05) is 4.90 Å². The molecular weight excluding hydrogens is 310 g/mol. The maximum atomic E-state index is 12.8. The van der Waals surface area contributed by atoms with E-state index in [0.717, 1.165) is 10.5 Å². The predicted octanol–water partition coefficient (Wildman–Crippen LogP) is 1.68. The van der Waals surface area contributed by atoms with Crippen LogP contribution < -0.4 is 16.4 Å². The number of para-hydroxylation sites is 1. The Morgan fingerprint density at radius 2 is 1.74 bits per heavy atom. The van der Waals surface area contributed by atoms with Crippen molar-refractivity contribution in [3.63, 3.8) is 0 Å². The van der Waals surface area contributed by atoms with Gasteiger partial charge in [0.05, 0.1) is 10.9 Å². The van der Waals surface area contributed by atoms with Crippen molar-refractivity contribution in [1.82, 2.24) is 0 Å². The number of thioether (sulfide) groups is 1. The van der Waals surface area contributed by atoms with Crippen molar-refractivity contribution in [2.45, 2.75) is 16.2 Å². The molecular formula is C17H17N3O2S. The molecule has 3 rings (SSSR count). The average Bonchev–Trinajstić information content (AvgIpc) is 2.66. The van der Waals surface area contributed by atoms with E-state index in [4.69, 9.17) is 11.5 Å². The van der Waals surface area contributed by atoms with Gasteiger partial charge in [-0.1, -0.05) is 42.5 Å². The standard InChI is InChI=1S/C17H17N3O2S/c18-14(21)10-20-12-8-4-5-9-13(12)23-16(15(19)17(20)22)11-6-2-1-3-7-11/h1-9,15-16H,10,19H2,(H2,18,21). The molecule has 118 valence electrons. The molecule has 2 aromatic rings. The quantitative estimate of drug-likeness (QED) is 0.897. The lowest BCUT2D eigenvalue weighted by Gasteiger charge is -2.24. The van der Waals surface area contributed by atoms with Crippen LogP contribution in [0, 0.1) is 0 Å². The summed E-state index contributed by atoms with van der Waals surface area (Å²) in [6, 6.07) is 16.4. The van der Waals surface area contributed by atoms with Gasteiger partial charge in [-0.15, -0.1) is 11.8 Å². The van der Waals surface area contributed by atoms with Gasteiger partial charge in [-0.3, -0.25) is 9.59 Å². The van der Waals surface area contributed by atoms with Crippen LogP contribution >= 0.6 is 11.8 Å². The Bertz CT molecular complexity index is 736. The minimum atomic E-state index is -0.755. The number of anilines is 1. The molecule has 1 heterocycles. The third-order valence-corrected chi connectivity index (χ3v) is 5.15. The lowest BCUT2D eigenvalue weighted by molar-refractivity contribution is -0.123. The summed E-state index contributed by atoms with van der Waals surface area (Å²) < 4.78 is 0. The highest BCUT2D eigenvalue weighted by Gasteiger charge is 2.36. The molecule has 5 nitrogen and oxygen atoms in total. The Hall–Kier alpha value is -2.31. The van der Waals surface area contributed by atoms with Crippen LogP contribution in [0.5, 0.6) is 0 Å². The second kappa shape index (κ2) is 6.44. The van der Waals surface area contributed by atoms with E-state index in [1.54, 1.807) is 0 Å². The van der Waals surface area contributed by atoms with E-state index in [0.29, 0.717) is 5.69 Å². The summed E-state index contributed by atoms with van der Waals surface area (Å²) in [5, 5.41) is -0.220. The van der Waals surface area contributed by atoms with Crippen molar-refractivity contribution in [2.75, 3.05) is 11.4 Å². The number of benzene rings is 2. The predicted molar refractivity (Wildman–Crippen MR) is 91.0 cm³/mol. The van der Waals surface area contributed by atoms with Crippen LogP contribution in [0.3, 0.4) is 0 Å². The molecule has 0 saturated carbocycles. The van der Waals surface area contributed by atoms with E-state index in [2.05, 4.69) is 0 Å². The van der Waals surface area contributed by atoms with Gasteiger partial charge in [-0.05, 0) is 17.7 Å². The van der Waals surface area contributed by atoms with E-state index in [9.17, 15) is 9.59 Å². The first-order valence-corrected chi connectivity index (χ1v) is 8.12. The lowest BCUT2D eigenvalue weighted by atomic mass is 10.0. The Labute approximate surface area is 138 Å². The number of hydrogen-bond acceptors (Lipinski definition) is 4. The normalized spacial score (nSPS) is 20.7. The molecule has 6 heteroatoms. The molecule has 0 radical (unpaired) electrons. The first-order valence-electron chi connectivity index (χ1n) is 7.24. The highest BCUT2D eigenvalue weighted by atomic mass is 32.2. The van der Waals surface area contributed by atoms with Gasteiger partial charge in [0.25, 0.3) is 0 Å². The van der Waals surface area contributed by atoms with Gasteiger partial charge in [-0.2, -0.15) is 0 Å². The van der Waals surface area contributed by atoms with Gasteiger partial charge in [0.1, 0.15) is 12.6 Å². The van der Waals surface area contributed by atoms with Gasteiger partial charge >= 0.3 is 0 Å². The molecule has 0 spiro atoms. The third-order valence-electron chi connectivity index (χ3n) is 3.73. The molecule has 23 heavy (non-hydrogen) atoms. The Kier molecular flexibility index (Phi) is 4.36. The summed E-state index contributed by atoms with van der Waals surface area (Å²) in [5.41, 5.74) is 13.2. The van der Waals surface area contributed by atoms with E-state index >= 15 is 0 Å². The van der Waals surface area contributed by atoms with Crippen LogP contribution in [0.1, 0.15) is 10.8 Å². The minimum absolute atomic E-state index is 0.175. The number of rotatable bonds is 3. The van der Waals surface area contributed by atoms with Crippen molar-refractivity contribution in [1.29, 1.82) is 0 Å². The van der Waals surface area contributed by atoms with Crippen molar-refractivity contribution in [3.8, 4) is 0 Å². The third kappa shape index (κ3) is 3.09.